The molecule has 127 valence electrons. The molecule has 1 radical (unpaired) electrons. The zero-order chi connectivity index (χ0) is 15.6. The summed E-state index contributed by atoms with van der Waals surface area (Å²) in [5.74, 6) is 0. The minimum absolute atomic E-state index is 0.174. The Bertz CT molecular complexity index is 179. The molecule has 0 aliphatic rings. The predicted molar refractivity (Wildman–Crippen MR) is 95.5 cm³/mol. The van der Waals surface area contributed by atoms with Gasteiger partial charge in [-0.1, -0.05) is 104 Å². The first-order valence-electron chi connectivity index (χ1n) is 9.82. The Balaban J connectivity index is 2.96. The summed E-state index contributed by atoms with van der Waals surface area (Å²) in [5.41, 5.74) is 0. The lowest BCUT2D eigenvalue weighted by atomic mass is 10.0. The molecule has 0 aliphatic carbocycles. The van der Waals surface area contributed by atoms with Crippen LogP contribution >= 0.6 is 0 Å². The van der Waals surface area contributed by atoms with Gasteiger partial charge in [-0.05, 0) is 19.3 Å². The number of rotatable bonds is 17. The molecule has 1 unspecified atom stereocenters. The van der Waals surface area contributed by atoms with E-state index in [4.69, 9.17) is 0 Å². The molecule has 0 saturated heterocycles. The van der Waals surface area contributed by atoms with Gasteiger partial charge in [0.1, 0.15) is 0 Å². The van der Waals surface area contributed by atoms with Crippen molar-refractivity contribution in [3.63, 3.8) is 0 Å². The van der Waals surface area contributed by atoms with Crippen LogP contribution in [0.1, 0.15) is 117 Å². The molecule has 1 nitrogen and oxygen atoms in total. The van der Waals surface area contributed by atoms with Crippen LogP contribution < -0.4 is 0 Å². The number of hydrogen-bond acceptors (Lipinski definition) is 1. The molecule has 1 heteroatoms. The van der Waals surface area contributed by atoms with Crippen LogP contribution in [-0.2, 0) is 0 Å². The summed E-state index contributed by atoms with van der Waals surface area (Å²) in [6.45, 7) is 4.32. The zero-order valence-corrected chi connectivity index (χ0v) is 14.9. The van der Waals surface area contributed by atoms with E-state index in [1.54, 1.807) is 0 Å². The largest absolute Gasteiger partial charge is 0.393 e. The highest BCUT2D eigenvalue weighted by atomic mass is 16.3. The molecular weight excluding hydrogens is 256 g/mol. The van der Waals surface area contributed by atoms with Crippen molar-refractivity contribution in [2.75, 3.05) is 0 Å². The second-order valence-electron chi connectivity index (χ2n) is 6.60. The SMILES string of the molecule is CCCCCCCCCCCCCCCC[CH]C(O)CC. The van der Waals surface area contributed by atoms with Crippen molar-refractivity contribution in [3.8, 4) is 0 Å². The monoisotopic (exact) mass is 297 g/mol. The van der Waals surface area contributed by atoms with E-state index in [2.05, 4.69) is 13.3 Å². The first-order valence-corrected chi connectivity index (χ1v) is 9.82. The smallest absolute Gasteiger partial charge is 0.0569 e. The van der Waals surface area contributed by atoms with Gasteiger partial charge < -0.3 is 5.11 Å². The molecule has 0 fully saturated rings. The van der Waals surface area contributed by atoms with Crippen molar-refractivity contribution in [2.24, 2.45) is 0 Å². The summed E-state index contributed by atoms with van der Waals surface area (Å²) >= 11 is 0. The second kappa shape index (κ2) is 18.0. The van der Waals surface area contributed by atoms with Crippen LogP contribution in [0.25, 0.3) is 0 Å². The van der Waals surface area contributed by atoms with Crippen molar-refractivity contribution in [3.05, 3.63) is 6.42 Å². The van der Waals surface area contributed by atoms with E-state index in [0.29, 0.717) is 0 Å². The van der Waals surface area contributed by atoms with E-state index in [1.165, 1.54) is 89.9 Å². The third-order valence-electron chi connectivity index (χ3n) is 4.41. The van der Waals surface area contributed by atoms with E-state index in [1.807, 2.05) is 6.92 Å². The second-order valence-corrected chi connectivity index (χ2v) is 6.60. The average Bonchev–Trinajstić information content (AvgIpc) is 2.50. The van der Waals surface area contributed by atoms with Gasteiger partial charge in [0.25, 0.3) is 0 Å². The van der Waals surface area contributed by atoms with Crippen LogP contribution in [0.4, 0.5) is 0 Å². The fourth-order valence-electron chi connectivity index (χ4n) is 2.82. The molecule has 0 spiro atoms. The van der Waals surface area contributed by atoms with E-state index in [0.717, 1.165) is 12.8 Å². The Labute approximate surface area is 134 Å². The predicted octanol–water partition coefficient (Wildman–Crippen LogP) is 6.83. The molecule has 0 amide bonds. The van der Waals surface area contributed by atoms with Crippen molar-refractivity contribution >= 4 is 0 Å². The van der Waals surface area contributed by atoms with Crippen LogP contribution in [0.2, 0.25) is 0 Å². The molecule has 0 aromatic heterocycles. The summed E-state index contributed by atoms with van der Waals surface area (Å²) in [5, 5.41) is 9.41. The maximum absolute atomic E-state index is 9.41. The minimum Gasteiger partial charge on any atom is -0.393 e. The highest BCUT2D eigenvalue weighted by Crippen LogP contribution is 2.14. The molecule has 0 aromatic carbocycles. The maximum atomic E-state index is 9.41. The lowest BCUT2D eigenvalue weighted by Crippen LogP contribution is -2.04. The first-order chi connectivity index (χ1) is 10.3. The van der Waals surface area contributed by atoms with Crippen molar-refractivity contribution in [1.29, 1.82) is 0 Å². The normalized spacial score (nSPS) is 12.7. The third-order valence-corrected chi connectivity index (χ3v) is 4.41. The lowest BCUT2D eigenvalue weighted by Gasteiger charge is -2.06. The van der Waals surface area contributed by atoms with Crippen LogP contribution in [0.3, 0.4) is 0 Å². The minimum atomic E-state index is -0.174. The Kier molecular flexibility index (Phi) is 18.0. The number of unbranched alkanes of at least 4 members (excludes halogenated alkanes) is 14. The van der Waals surface area contributed by atoms with Crippen molar-refractivity contribution in [1.82, 2.24) is 0 Å². The molecule has 0 bridgehead atoms. The molecule has 0 rings (SSSR count). The van der Waals surface area contributed by atoms with Gasteiger partial charge in [0.15, 0.2) is 0 Å². The zero-order valence-electron chi connectivity index (χ0n) is 14.9. The van der Waals surface area contributed by atoms with Crippen LogP contribution in [-0.4, -0.2) is 11.2 Å². The molecule has 0 aliphatic heterocycles. The highest BCUT2D eigenvalue weighted by molar-refractivity contribution is 4.73. The number of hydrogen-bond donors (Lipinski definition) is 1. The fourth-order valence-corrected chi connectivity index (χ4v) is 2.82. The third kappa shape index (κ3) is 17.9. The van der Waals surface area contributed by atoms with E-state index >= 15 is 0 Å². The van der Waals surface area contributed by atoms with Gasteiger partial charge in [-0.25, -0.2) is 0 Å². The molecule has 1 atom stereocenters. The summed E-state index contributed by atoms with van der Waals surface area (Å²) < 4.78 is 0. The first kappa shape index (κ1) is 21.0. The summed E-state index contributed by atoms with van der Waals surface area (Å²) in [4.78, 5) is 0. The van der Waals surface area contributed by atoms with E-state index in [9.17, 15) is 5.11 Å². The molecule has 0 aromatic rings. The van der Waals surface area contributed by atoms with Gasteiger partial charge in [0, 0.05) is 0 Å². The summed E-state index contributed by atoms with van der Waals surface area (Å²) in [6, 6.07) is 0. The van der Waals surface area contributed by atoms with E-state index < -0.39 is 0 Å². The van der Waals surface area contributed by atoms with Crippen LogP contribution in [0, 0.1) is 6.42 Å². The Hall–Kier alpha value is -0.0400. The van der Waals surface area contributed by atoms with Gasteiger partial charge in [-0.3, -0.25) is 0 Å². The van der Waals surface area contributed by atoms with Crippen molar-refractivity contribution < 1.29 is 5.11 Å². The molecule has 0 heterocycles. The average molecular weight is 298 g/mol. The Morgan fingerprint density at radius 1 is 0.619 bits per heavy atom. The number of aliphatic hydroxyl groups excluding tert-OH is 1. The van der Waals surface area contributed by atoms with Gasteiger partial charge >= 0.3 is 0 Å². The van der Waals surface area contributed by atoms with Gasteiger partial charge in [0.2, 0.25) is 0 Å². The standard InChI is InChI=1S/C20H41O/c1-3-5-6-7-8-9-10-11-12-13-14-15-16-17-18-19-20(21)4-2/h19-21H,3-18H2,1-2H3. The van der Waals surface area contributed by atoms with Gasteiger partial charge in [-0.2, -0.15) is 0 Å². The molecule has 0 saturated carbocycles. The van der Waals surface area contributed by atoms with Crippen LogP contribution in [0.5, 0.6) is 0 Å². The fraction of sp³-hybridized carbons (Fsp3) is 0.950. The molecule has 21 heavy (non-hydrogen) atoms. The highest BCUT2D eigenvalue weighted by Gasteiger charge is 2.00. The van der Waals surface area contributed by atoms with E-state index in [-0.39, 0.29) is 6.10 Å². The van der Waals surface area contributed by atoms with Gasteiger partial charge in [-0.15, -0.1) is 0 Å². The molecule has 1 N–H and O–H groups in total. The van der Waals surface area contributed by atoms with Crippen molar-refractivity contribution in [2.45, 2.75) is 123 Å². The van der Waals surface area contributed by atoms with Gasteiger partial charge in [0.05, 0.1) is 6.10 Å². The molecular formula is C20H41O. The number of aliphatic hydroxyl groups is 1. The van der Waals surface area contributed by atoms with Crippen LogP contribution in [0.15, 0.2) is 0 Å². The summed E-state index contributed by atoms with van der Waals surface area (Å²) in [7, 11) is 0. The maximum Gasteiger partial charge on any atom is 0.0569 e. The lowest BCUT2D eigenvalue weighted by molar-refractivity contribution is 0.197. The quantitative estimate of drug-likeness (QED) is 0.292. The summed E-state index contributed by atoms with van der Waals surface area (Å²) in [6.07, 6.45) is 23.6. The Morgan fingerprint density at radius 3 is 1.38 bits per heavy atom. The topological polar surface area (TPSA) is 20.2 Å². The Morgan fingerprint density at radius 2 is 1.00 bits per heavy atom.